The van der Waals surface area contributed by atoms with Crippen LogP contribution in [0.25, 0.3) is 0 Å². The average Bonchev–Trinajstić information content (AvgIpc) is 3.71. The monoisotopic (exact) mass is 883 g/mol. The molecule has 4 aromatic rings. The lowest BCUT2D eigenvalue weighted by Gasteiger charge is -2.47. The molecule has 3 heterocycles. The van der Waals surface area contributed by atoms with E-state index in [1.54, 1.807) is 43.3 Å². The average molecular weight is 884 g/mol. The number of amides is 1. The Balaban J connectivity index is 1.29. The molecule has 10 atom stereocenters. The molecule has 0 aliphatic carbocycles. The zero-order chi connectivity index (χ0) is 44.3. The smallest absolute Gasteiger partial charge is 0.408 e. The van der Waals surface area contributed by atoms with E-state index in [0.717, 1.165) is 17.6 Å². The zero-order valence-electron chi connectivity index (χ0n) is 34.2. The van der Waals surface area contributed by atoms with E-state index < -0.39 is 103 Å². The van der Waals surface area contributed by atoms with Gasteiger partial charge in [0.05, 0.1) is 31.5 Å². The molecule has 63 heavy (non-hydrogen) atoms. The van der Waals surface area contributed by atoms with Gasteiger partial charge >= 0.3 is 30.0 Å². The molecule has 17 heteroatoms. The quantitative estimate of drug-likeness (QED) is 0.0823. The van der Waals surface area contributed by atoms with E-state index in [1.165, 1.54) is 36.0 Å². The number of benzene rings is 4. The van der Waals surface area contributed by atoms with E-state index in [2.05, 4.69) is 5.32 Å². The van der Waals surface area contributed by atoms with Crippen molar-refractivity contribution in [1.29, 1.82) is 0 Å². The van der Waals surface area contributed by atoms with Crippen molar-refractivity contribution in [1.82, 2.24) is 5.32 Å². The second-order valence-corrected chi connectivity index (χ2v) is 15.7. The number of methoxy groups -OCH3 is 1. The number of nitrogens with one attached hydrogen (secondary N) is 1. The number of rotatable bonds is 17. The summed E-state index contributed by atoms with van der Waals surface area (Å²) >= 11 is 1.34. The minimum absolute atomic E-state index is 0.00232. The summed E-state index contributed by atoms with van der Waals surface area (Å²) in [6, 6.07) is 33.5. The van der Waals surface area contributed by atoms with Crippen molar-refractivity contribution in [2.75, 3.05) is 13.7 Å². The minimum Gasteiger partial charge on any atom is -0.467 e. The van der Waals surface area contributed by atoms with Crippen LogP contribution in [0.5, 0.6) is 0 Å². The largest absolute Gasteiger partial charge is 0.467 e. The Bertz CT molecular complexity index is 2200. The maximum Gasteiger partial charge on any atom is 0.408 e. The Morgan fingerprint density at radius 3 is 1.89 bits per heavy atom. The predicted octanol–water partition coefficient (Wildman–Crippen LogP) is 5.21. The van der Waals surface area contributed by atoms with Gasteiger partial charge in [-0.05, 0) is 42.0 Å². The fourth-order valence-electron chi connectivity index (χ4n) is 7.17. The summed E-state index contributed by atoms with van der Waals surface area (Å²) in [4.78, 5) is 81.2. The molecule has 0 unspecified atom stereocenters. The lowest BCUT2D eigenvalue weighted by Crippen LogP contribution is -2.67. The number of ketones is 1. The summed E-state index contributed by atoms with van der Waals surface area (Å²) in [5.41, 5.74) is 0.261. The predicted molar refractivity (Wildman–Crippen MR) is 221 cm³/mol. The van der Waals surface area contributed by atoms with E-state index in [4.69, 9.17) is 42.6 Å². The third-order valence-corrected chi connectivity index (χ3v) is 11.5. The zero-order valence-corrected chi connectivity index (χ0v) is 35.0. The molecule has 0 bridgehead atoms. The number of esters is 4. The molecule has 3 aliphatic rings. The summed E-state index contributed by atoms with van der Waals surface area (Å²) in [6.45, 7) is 1.61. The van der Waals surface area contributed by atoms with Crippen LogP contribution < -0.4 is 5.32 Å². The highest BCUT2D eigenvalue weighted by molar-refractivity contribution is 7.99. The van der Waals surface area contributed by atoms with E-state index in [0.29, 0.717) is 0 Å². The number of carbonyl (C=O) groups is 6. The molecule has 3 fully saturated rings. The third kappa shape index (κ3) is 11.3. The molecule has 4 aromatic carbocycles. The molecule has 3 saturated heterocycles. The van der Waals surface area contributed by atoms with Gasteiger partial charge in [0.2, 0.25) is 0 Å². The lowest BCUT2D eigenvalue weighted by atomic mass is 9.95. The highest BCUT2D eigenvalue weighted by atomic mass is 32.2. The van der Waals surface area contributed by atoms with Crippen molar-refractivity contribution in [3.8, 4) is 0 Å². The fraction of sp³-hybridized carbons (Fsp3) is 0.348. The van der Waals surface area contributed by atoms with Gasteiger partial charge in [0.1, 0.15) is 35.9 Å². The number of hydrogen-bond donors (Lipinski definition) is 1. The Hall–Kier alpha value is -6.11. The molecule has 1 N–H and O–H groups in total. The van der Waals surface area contributed by atoms with E-state index in [1.807, 2.05) is 60.7 Å². The molecular weight excluding hydrogens is 839 g/mol. The number of Topliss-reactive ketones (excluding diaryl/α,β-unsaturated/α-hetero) is 1. The van der Waals surface area contributed by atoms with Gasteiger partial charge < -0.3 is 47.9 Å². The number of thioether (sulfide) groups is 1. The number of fused-ring (bicyclic) bond motifs is 1. The molecule has 0 saturated carbocycles. The molecule has 7 rings (SSSR count). The van der Waals surface area contributed by atoms with Crippen molar-refractivity contribution < 1.29 is 71.4 Å². The van der Waals surface area contributed by atoms with Gasteiger partial charge in [-0.2, -0.15) is 0 Å². The summed E-state index contributed by atoms with van der Waals surface area (Å²) in [7, 11) is 1.06. The van der Waals surface area contributed by atoms with Gasteiger partial charge in [-0.1, -0.05) is 104 Å². The van der Waals surface area contributed by atoms with Crippen LogP contribution in [0.1, 0.15) is 46.0 Å². The minimum atomic E-state index is -1.89. The van der Waals surface area contributed by atoms with Crippen molar-refractivity contribution >= 4 is 47.5 Å². The van der Waals surface area contributed by atoms with Crippen LogP contribution in [-0.2, 0) is 63.6 Å². The molecular formula is C46H45NO15S. The first-order valence-corrected chi connectivity index (χ1v) is 21.1. The molecule has 16 nitrogen and oxygen atoms in total. The normalized spacial score (nSPS) is 26.2. The summed E-state index contributed by atoms with van der Waals surface area (Å²) in [5, 5.41) is 2.82. The summed E-state index contributed by atoms with van der Waals surface area (Å²) < 4.78 is 54.7. The lowest BCUT2D eigenvalue weighted by molar-refractivity contribution is -0.325. The Labute approximate surface area is 366 Å². The van der Waals surface area contributed by atoms with Crippen LogP contribution in [0, 0.1) is 0 Å². The maximum atomic E-state index is 14.0. The Morgan fingerprint density at radius 2 is 1.29 bits per heavy atom. The van der Waals surface area contributed by atoms with Crippen LogP contribution in [0.4, 0.5) is 4.79 Å². The second-order valence-electron chi connectivity index (χ2n) is 14.6. The highest BCUT2D eigenvalue weighted by Crippen LogP contribution is 2.40. The first-order chi connectivity index (χ1) is 30.6. The van der Waals surface area contributed by atoms with Crippen LogP contribution in [0.2, 0.25) is 0 Å². The second kappa shape index (κ2) is 21.3. The fourth-order valence-corrected chi connectivity index (χ4v) is 8.32. The van der Waals surface area contributed by atoms with Gasteiger partial charge in [-0.15, -0.1) is 0 Å². The molecule has 0 spiro atoms. The van der Waals surface area contributed by atoms with Gasteiger partial charge in [0.15, 0.2) is 36.8 Å². The first kappa shape index (κ1) is 44.9. The standard InChI is InChI=1S/C46H45NO15S/c1-3-30(48)24-33(49)57-37-38(58-41(50)28-18-10-5-11-19-28)40(59-42(51)29-20-12-6-13-21-29)44(61-39(37)43(52)54-2)60-35-32(26-55-25-27-16-8-4-9-17-27)56-45(34-36(35)62-46(53)47-34)63-31-22-14-7-15-23-31/h4-23,32,34-40,44-45H,3,24-26H2,1-2H3,(H,47,53)/t32-,34-,35-,36-,37+,38+,39+,40-,44-,45+/m1/s1. The molecule has 3 aliphatic heterocycles. The van der Waals surface area contributed by atoms with Crippen LogP contribution in [0.3, 0.4) is 0 Å². The van der Waals surface area contributed by atoms with Gasteiger partial charge in [0, 0.05) is 11.3 Å². The highest BCUT2D eigenvalue weighted by Gasteiger charge is 2.60. The van der Waals surface area contributed by atoms with Crippen molar-refractivity contribution in [2.24, 2.45) is 0 Å². The summed E-state index contributed by atoms with van der Waals surface area (Å²) in [6.07, 6.45) is -14.1. The Morgan fingerprint density at radius 1 is 0.698 bits per heavy atom. The van der Waals surface area contributed by atoms with Gasteiger partial charge in [-0.3, -0.25) is 9.59 Å². The number of carbonyl (C=O) groups excluding carboxylic acids is 6. The van der Waals surface area contributed by atoms with Gasteiger partial charge in [0.25, 0.3) is 0 Å². The molecule has 0 aromatic heterocycles. The van der Waals surface area contributed by atoms with E-state index in [9.17, 15) is 28.8 Å². The third-order valence-electron chi connectivity index (χ3n) is 10.3. The van der Waals surface area contributed by atoms with Crippen molar-refractivity contribution in [3.05, 3.63) is 138 Å². The van der Waals surface area contributed by atoms with Crippen LogP contribution in [0.15, 0.2) is 126 Å². The number of ether oxygens (including phenoxy) is 9. The SMILES string of the molecule is CCC(=O)CC(=O)O[C@H]1[C@H](OC(=O)c2ccccc2)[C@@H](OC(=O)c2ccccc2)[C@H](O[C@H]2[C@@H]3OC(=O)N[C@H]3[C@H](Sc3ccccc3)O[C@@H]2COCc2ccccc2)O[C@@H]1C(=O)OC. The molecule has 0 radical (unpaired) electrons. The first-order valence-electron chi connectivity index (χ1n) is 20.2. The Kier molecular flexibility index (Phi) is 15.2. The van der Waals surface area contributed by atoms with E-state index in [-0.39, 0.29) is 30.8 Å². The topological polar surface area (TPSA) is 198 Å². The summed E-state index contributed by atoms with van der Waals surface area (Å²) in [5.74, 6) is -4.55. The maximum absolute atomic E-state index is 14.0. The van der Waals surface area contributed by atoms with Crippen molar-refractivity contribution in [3.63, 3.8) is 0 Å². The van der Waals surface area contributed by atoms with Crippen LogP contribution in [-0.4, -0.2) is 110 Å². The van der Waals surface area contributed by atoms with Crippen molar-refractivity contribution in [2.45, 2.75) is 91.8 Å². The number of hydrogen-bond acceptors (Lipinski definition) is 16. The molecule has 330 valence electrons. The van der Waals surface area contributed by atoms with Gasteiger partial charge in [-0.25, -0.2) is 19.2 Å². The molecule has 1 amide bonds. The van der Waals surface area contributed by atoms with Crippen LogP contribution >= 0.6 is 11.8 Å². The number of alkyl carbamates (subject to hydrolysis) is 1. The van der Waals surface area contributed by atoms with E-state index >= 15 is 0 Å².